The van der Waals surface area contributed by atoms with Crippen LogP contribution in [0.3, 0.4) is 0 Å². The number of anilines is 2. The van der Waals surface area contributed by atoms with Gasteiger partial charge in [-0.1, -0.05) is 100 Å². The number of hydrogen-bond acceptors (Lipinski definition) is 9. The number of nitrogens with zero attached hydrogens (tertiary/aromatic N) is 8. The molecule has 2 unspecified atom stereocenters. The lowest BCUT2D eigenvalue weighted by Crippen LogP contribution is -2.65. The zero-order valence-electron chi connectivity index (χ0n) is 39.2. The van der Waals surface area contributed by atoms with Gasteiger partial charge in [0.15, 0.2) is 5.78 Å². The number of Topliss-reactive ketones (excluding diaryl/α,β-unsaturated/α-hetero) is 1. The quantitative estimate of drug-likeness (QED) is 0.0996. The topological polar surface area (TPSA) is 106 Å². The van der Waals surface area contributed by atoms with E-state index < -0.39 is 12.1 Å². The first-order chi connectivity index (χ1) is 32.4. The van der Waals surface area contributed by atoms with Crippen molar-refractivity contribution in [1.29, 1.82) is 0 Å². The van der Waals surface area contributed by atoms with E-state index in [-0.39, 0.29) is 31.1 Å². The molecule has 2 aliphatic carbocycles. The molecule has 66 heavy (non-hydrogen) atoms. The van der Waals surface area contributed by atoms with Gasteiger partial charge in [0.05, 0.1) is 59.8 Å². The number of hydrogen-bond donors (Lipinski definition) is 2. The minimum atomic E-state index is -0.752. The van der Waals surface area contributed by atoms with E-state index in [1.165, 1.54) is 107 Å². The summed E-state index contributed by atoms with van der Waals surface area (Å²) in [7, 11) is 0. The fourth-order valence-electron chi connectivity index (χ4n) is 12.3. The van der Waals surface area contributed by atoms with Crippen molar-refractivity contribution in [2.24, 2.45) is 0 Å². The van der Waals surface area contributed by atoms with Crippen LogP contribution in [0.15, 0.2) is 97.1 Å². The predicted molar refractivity (Wildman–Crippen MR) is 266 cm³/mol. The van der Waals surface area contributed by atoms with Crippen LogP contribution in [0.2, 0.25) is 0 Å². The number of aliphatic hydroxyl groups excluding tert-OH is 2. The molecule has 4 fully saturated rings. The normalized spacial score (nSPS) is 21.4. The number of aromatic nitrogens is 4. The Labute approximate surface area is 391 Å². The monoisotopic (exact) mass is 891 g/mol. The SMILES string of the molecule is CCc1nn(C2CCCC2)c2cc(N3CCN(C(CO)C(=O)C(CO)N4CCN(c5ccc6c(CC)nn(C7CCCC7)c6c5)C[C@@H]4Cc4ccccc4)[C@@H](Cc4ccccc4)C3)ccc12. The second-order valence-corrected chi connectivity index (χ2v) is 19.6. The first-order valence-electron chi connectivity index (χ1n) is 25.3. The van der Waals surface area contributed by atoms with Gasteiger partial charge in [0.2, 0.25) is 0 Å². The van der Waals surface area contributed by atoms with Crippen LogP contribution >= 0.6 is 0 Å². The second-order valence-electron chi connectivity index (χ2n) is 19.6. The zero-order chi connectivity index (χ0) is 45.1. The molecule has 4 atom stereocenters. The van der Waals surface area contributed by atoms with Crippen LogP contribution in [0, 0.1) is 0 Å². The maximum absolute atomic E-state index is 15.2. The molecular weight excluding hydrogens is 821 g/mol. The van der Waals surface area contributed by atoms with Crippen molar-refractivity contribution in [2.75, 3.05) is 62.3 Å². The highest BCUT2D eigenvalue weighted by molar-refractivity contribution is 5.90. The number of piperazine rings is 2. The summed E-state index contributed by atoms with van der Waals surface area (Å²) >= 11 is 0. The molecule has 348 valence electrons. The minimum Gasteiger partial charge on any atom is -0.394 e. The molecule has 2 N–H and O–H groups in total. The van der Waals surface area contributed by atoms with Gasteiger partial charge in [0, 0.05) is 73.5 Å². The van der Waals surface area contributed by atoms with Crippen molar-refractivity contribution in [3.8, 4) is 0 Å². The van der Waals surface area contributed by atoms with Gasteiger partial charge in [-0.05, 0) is 98.9 Å². The molecule has 6 aromatic rings. The first-order valence-corrected chi connectivity index (χ1v) is 25.3. The second kappa shape index (κ2) is 20.0. The van der Waals surface area contributed by atoms with Gasteiger partial charge in [-0.15, -0.1) is 0 Å². The highest BCUT2D eigenvalue weighted by Gasteiger charge is 2.42. The van der Waals surface area contributed by atoms with Crippen molar-refractivity contribution in [1.82, 2.24) is 29.4 Å². The number of ketones is 1. The Morgan fingerprint density at radius 2 is 0.985 bits per heavy atom. The van der Waals surface area contributed by atoms with E-state index in [4.69, 9.17) is 10.2 Å². The lowest BCUT2D eigenvalue weighted by atomic mass is 9.93. The van der Waals surface area contributed by atoms with Crippen LogP contribution < -0.4 is 9.80 Å². The summed E-state index contributed by atoms with van der Waals surface area (Å²) < 4.78 is 4.63. The van der Waals surface area contributed by atoms with Gasteiger partial charge in [0.25, 0.3) is 0 Å². The van der Waals surface area contributed by atoms with Crippen molar-refractivity contribution in [2.45, 2.75) is 127 Å². The zero-order valence-corrected chi connectivity index (χ0v) is 39.2. The predicted octanol–water partition coefficient (Wildman–Crippen LogP) is 8.20. The molecule has 4 heterocycles. The summed E-state index contributed by atoms with van der Waals surface area (Å²) in [6.07, 6.45) is 13.0. The molecule has 0 radical (unpaired) electrons. The highest BCUT2D eigenvalue weighted by Crippen LogP contribution is 2.37. The van der Waals surface area contributed by atoms with Crippen LogP contribution in [0.5, 0.6) is 0 Å². The Bertz CT molecular complexity index is 2390. The fraction of sp³-hybridized carbons (Fsp3) is 0.509. The van der Waals surface area contributed by atoms with Gasteiger partial charge in [-0.3, -0.25) is 24.0 Å². The lowest BCUT2D eigenvalue weighted by Gasteiger charge is -2.48. The summed E-state index contributed by atoms with van der Waals surface area (Å²) in [5, 5.41) is 35.5. The molecule has 0 spiro atoms. The van der Waals surface area contributed by atoms with Gasteiger partial charge >= 0.3 is 0 Å². The van der Waals surface area contributed by atoms with Gasteiger partial charge < -0.3 is 20.0 Å². The van der Waals surface area contributed by atoms with Crippen molar-refractivity contribution >= 4 is 39.0 Å². The Morgan fingerprint density at radius 3 is 1.36 bits per heavy atom. The molecule has 11 heteroatoms. The van der Waals surface area contributed by atoms with E-state index in [1.54, 1.807) is 0 Å². The van der Waals surface area contributed by atoms with Gasteiger partial charge in [-0.2, -0.15) is 10.2 Å². The van der Waals surface area contributed by atoms with Crippen LogP contribution in [-0.2, 0) is 30.5 Å². The Kier molecular flexibility index (Phi) is 13.6. The molecule has 4 aromatic carbocycles. The molecule has 0 bridgehead atoms. The van der Waals surface area contributed by atoms with E-state index in [1.807, 2.05) is 12.1 Å². The number of aryl methyl sites for hydroxylation is 2. The Hall–Kier alpha value is -5.07. The van der Waals surface area contributed by atoms with Crippen molar-refractivity contribution in [3.05, 3.63) is 120 Å². The van der Waals surface area contributed by atoms with Crippen molar-refractivity contribution in [3.63, 3.8) is 0 Å². The molecule has 10 rings (SSSR count). The van der Waals surface area contributed by atoms with E-state index in [0.29, 0.717) is 38.3 Å². The number of fused-ring (bicyclic) bond motifs is 2. The summed E-state index contributed by atoms with van der Waals surface area (Å²) in [4.78, 5) is 24.7. The molecule has 11 nitrogen and oxygen atoms in total. The van der Waals surface area contributed by atoms with Crippen LogP contribution in [0.4, 0.5) is 11.4 Å². The highest BCUT2D eigenvalue weighted by atomic mass is 16.3. The third-order valence-electron chi connectivity index (χ3n) is 15.8. The van der Waals surface area contributed by atoms with Crippen LogP contribution in [0.25, 0.3) is 21.8 Å². The molecule has 2 saturated carbocycles. The average molecular weight is 891 g/mol. The van der Waals surface area contributed by atoms with E-state index in [0.717, 1.165) is 38.8 Å². The van der Waals surface area contributed by atoms with Gasteiger partial charge in [0.1, 0.15) is 0 Å². The van der Waals surface area contributed by atoms with Crippen LogP contribution in [-0.4, -0.2) is 122 Å². The minimum absolute atomic E-state index is 0.0407. The number of carbonyl (C=O) groups excluding carboxylic acids is 1. The average Bonchev–Trinajstić information content (AvgIpc) is 4.20. The fourth-order valence-corrected chi connectivity index (χ4v) is 12.3. The first kappa shape index (κ1) is 44.7. The number of aliphatic hydroxyl groups is 2. The largest absolute Gasteiger partial charge is 0.394 e. The summed E-state index contributed by atoms with van der Waals surface area (Å²) in [6, 6.07) is 34.1. The summed E-state index contributed by atoms with van der Waals surface area (Å²) in [5.74, 6) is -0.0963. The van der Waals surface area contributed by atoms with Gasteiger partial charge in [-0.25, -0.2) is 0 Å². The molecule has 4 aliphatic rings. The van der Waals surface area contributed by atoms with E-state index >= 15 is 4.79 Å². The summed E-state index contributed by atoms with van der Waals surface area (Å²) in [5.41, 5.74) is 9.54. The molecule has 2 aromatic heterocycles. The van der Waals surface area contributed by atoms with E-state index in [2.05, 4.69) is 128 Å². The lowest BCUT2D eigenvalue weighted by molar-refractivity contribution is -0.135. The third-order valence-corrected chi connectivity index (χ3v) is 15.8. The van der Waals surface area contributed by atoms with Crippen molar-refractivity contribution < 1.29 is 15.0 Å². The standard InChI is InChI=1S/C55H70N8O3/c1-3-49-47-25-23-43(33-51(47)62(56-49)41-19-11-12-20-41)58-27-29-60(45(35-58)31-39-15-7-5-8-16-39)53(37-64)55(66)54(38-65)61-30-28-59(36-46(61)32-40-17-9-6-10-18-40)44-24-26-48-50(4-2)57-63(52(48)34-44)42-21-13-14-22-42/h5-10,15-18,23-26,33-34,41-42,45-46,53-54,64-65H,3-4,11-14,19-22,27-32,35-38H2,1-2H3/t45-,46-,53?,54?/m0/s1. The molecule has 2 aliphatic heterocycles. The van der Waals surface area contributed by atoms with Crippen LogP contribution in [0.1, 0.15) is 99.8 Å². The van der Waals surface area contributed by atoms with E-state index in [9.17, 15) is 10.2 Å². The number of carbonyl (C=O) groups is 1. The molecule has 0 amide bonds. The maximum Gasteiger partial charge on any atom is 0.171 e. The number of benzene rings is 4. The third kappa shape index (κ3) is 8.92. The number of rotatable bonds is 16. The summed E-state index contributed by atoms with van der Waals surface area (Å²) in [6.45, 7) is 7.90. The smallest absolute Gasteiger partial charge is 0.171 e. The Balaban J connectivity index is 0.921. The Morgan fingerprint density at radius 1 is 0.576 bits per heavy atom. The molecule has 2 saturated heterocycles. The maximum atomic E-state index is 15.2. The molecular formula is C55H70N8O3.